The van der Waals surface area contributed by atoms with Gasteiger partial charge in [-0.15, -0.1) is 0 Å². The SMILES string of the molecule is CCN(C(=O)c1cc(Br)ccc1O)C1CCCC1CN. The van der Waals surface area contributed by atoms with Crippen molar-refractivity contribution in [2.75, 3.05) is 13.1 Å². The third-order valence-electron chi connectivity index (χ3n) is 4.11. The van der Waals surface area contributed by atoms with Crippen LogP contribution >= 0.6 is 15.9 Å². The van der Waals surface area contributed by atoms with Crippen LogP contribution in [0, 0.1) is 5.92 Å². The third-order valence-corrected chi connectivity index (χ3v) is 4.61. The van der Waals surface area contributed by atoms with E-state index in [4.69, 9.17) is 5.73 Å². The van der Waals surface area contributed by atoms with Gasteiger partial charge in [-0.3, -0.25) is 4.79 Å². The van der Waals surface area contributed by atoms with E-state index in [1.807, 2.05) is 11.8 Å². The highest BCUT2D eigenvalue weighted by atomic mass is 79.9. The molecule has 0 bridgehead atoms. The van der Waals surface area contributed by atoms with Gasteiger partial charge in [0.1, 0.15) is 5.75 Å². The number of amides is 1. The zero-order valence-corrected chi connectivity index (χ0v) is 13.3. The molecule has 1 amide bonds. The molecule has 1 aromatic carbocycles. The van der Waals surface area contributed by atoms with Crippen molar-refractivity contribution >= 4 is 21.8 Å². The van der Waals surface area contributed by atoms with Gasteiger partial charge in [-0.2, -0.15) is 0 Å². The van der Waals surface area contributed by atoms with Gasteiger partial charge >= 0.3 is 0 Å². The van der Waals surface area contributed by atoms with Crippen molar-refractivity contribution in [3.8, 4) is 5.75 Å². The topological polar surface area (TPSA) is 66.6 Å². The maximum atomic E-state index is 12.7. The molecule has 1 fully saturated rings. The molecule has 0 spiro atoms. The van der Waals surface area contributed by atoms with E-state index in [0.29, 0.717) is 24.6 Å². The zero-order valence-electron chi connectivity index (χ0n) is 11.7. The molecule has 20 heavy (non-hydrogen) atoms. The number of benzene rings is 1. The molecule has 2 rings (SSSR count). The fourth-order valence-corrected chi connectivity index (χ4v) is 3.43. The maximum Gasteiger partial charge on any atom is 0.257 e. The summed E-state index contributed by atoms with van der Waals surface area (Å²) >= 11 is 3.34. The molecule has 0 aromatic heterocycles. The van der Waals surface area contributed by atoms with Gasteiger partial charge in [0.15, 0.2) is 0 Å². The van der Waals surface area contributed by atoms with Crippen LogP contribution in [0.4, 0.5) is 0 Å². The first-order chi connectivity index (χ1) is 9.58. The van der Waals surface area contributed by atoms with Crippen LogP contribution in [0.25, 0.3) is 0 Å². The first-order valence-corrected chi connectivity index (χ1v) is 7.87. The Kier molecular flexibility index (Phi) is 5.05. The molecule has 4 nitrogen and oxygen atoms in total. The zero-order chi connectivity index (χ0) is 14.7. The fraction of sp³-hybridized carbons (Fsp3) is 0.533. The molecule has 2 atom stereocenters. The van der Waals surface area contributed by atoms with E-state index in [0.717, 1.165) is 23.7 Å². The van der Waals surface area contributed by atoms with Crippen molar-refractivity contribution in [3.63, 3.8) is 0 Å². The lowest BCUT2D eigenvalue weighted by Crippen LogP contribution is -2.44. The Hall–Kier alpha value is -1.07. The number of hydrogen-bond acceptors (Lipinski definition) is 3. The molecular formula is C15H21BrN2O2. The molecule has 1 aromatic rings. The monoisotopic (exact) mass is 340 g/mol. The second kappa shape index (κ2) is 6.59. The van der Waals surface area contributed by atoms with Crippen LogP contribution in [0.1, 0.15) is 36.5 Å². The van der Waals surface area contributed by atoms with Crippen LogP contribution in [-0.2, 0) is 0 Å². The molecule has 1 aliphatic rings. The van der Waals surface area contributed by atoms with Crippen LogP contribution in [0.3, 0.4) is 0 Å². The van der Waals surface area contributed by atoms with E-state index >= 15 is 0 Å². The molecule has 0 radical (unpaired) electrons. The molecule has 1 aliphatic carbocycles. The summed E-state index contributed by atoms with van der Waals surface area (Å²) in [5, 5.41) is 9.92. The van der Waals surface area contributed by atoms with Crippen molar-refractivity contribution in [2.24, 2.45) is 11.7 Å². The lowest BCUT2D eigenvalue weighted by Gasteiger charge is -2.32. The smallest absolute Gasteiger partial charge is 0.257 e. The Morgan fingerprint density at radius 2 is 2.25 bits per heavy atom. The fourth-order valence-electron chi connectivity index (χ4n) is 3.07. The van der Waals surface area contributed by atoms with Gasteiger partial charge in [-0.25, -0.2) is 0 Å². The van der Waals surface area contributed by atoms with Crippen molar-refractivity contribution in [2.45, 2.75) is 32.2 Å². The van der Waals surface area contributed by atoms with Gasteiger partial charge < -0.3 is 15.7 Å². The van der Waals surface area contributed by atoms with Crippen molar-refractivity contribution in [1.29, 1.82) is 0 Å². The first kappa shape index (κ1) is 15.3. The van der Waals surface area contributed by atoms with E-state index in [1.165, 1.54) is 0 Å². The third kappa shape index (κ3) is 2.99. The second-order valence-corrected chi connectivity index (χ2v) is 6.16. The Morgan fingerprint density at radius 1 is 1.50 bits per heavy atom. The number of hydrogen-bond donors (Lipinski definition) is 2. The number of carbonyl (C=O) groups excluding carboxylic acids is 1. The average molecular weight is 341 g/mol. The standard InChI is InChI=1S/C15H21BrN2O2/c1-2-18(13-5-3-4-10(13)9-17)15(20)12-8-11(16)6-7-14(12)19/h6-8,10,13,19H,2-5,9,17H2,1H3. The molecule has 5 heteroatoms. The van der Waals surface area contributed by atoms with E-state index in [2.05, 4.69) is 15.9 Å². The minimum Gasteiger partial charge on any atom is -0.507 e. The molecule has 1 saturated carbocycles. The molecule has 3 N–H and O–H groups in total. The normalized spacial score (nSPS) is 21.9. The number of phenolic OH excluding ortho intramolecular Hbond substituents is 1. The van der Waals surface area contributed by atoms with Crippen molar-refractivity contribution < 1.29 is 9.90 Å². The van der Waals surface area contributed by atoms with Gasteiger partial charge in [0.25, 0.3) is 5.91 Å². The number of carbonyl (C=O) groups is 1. The summed E-state index contributed by atoms with van der Waals surface area (Å²) in [6, 6.07) is 5.13. The quantitative estimate of drug-likeness (QED) is 0.885. The summed E-state index contributed by atoms with van der Waals surface area (Å²) < 4.78 is 0.788. The summed E-state index contributed by atoms with van der Waals surface area (Å²) in [7, 11) is 0. The molecule has 0 heterocycles. The predicted molar refractivity (Wildman–Crippen MR) is 82.7 cm³/mol. The van der Waals surface area contributed by atoms with E-state index in [9.17, 15) is 9.90 Å². The van der Waals surface area contributed by atoms with Gasteiger partial charge in [-0.1, -0.05) is 22.4 Å². The second-order valence-electron chi connectivity index (χ2n) is 5.25. The van der Waals surface area contributed by atoms with Gasteiger partial charge in [0, 0.05) is 17.1 Å². The summed E-state index contributed by atoms with van der Waals surface area (Å²) in [5.74, 6) is 0.281. The van der Waals surface area contributed by atoms with Crippen LogP contribution in [-0.4, -0.2) is 35.0 Å². The van der Waals surface area contributed by atoms with Crippen LogP contribution in [0.5, 0.6) is 5.75 Å². The maximum absolute atomic E-state index is 12.7. The highest BCUT2D eigenvalue weighted by Gasteiger charge is 2.34. The summed E-state index contributed by atoms with van der Waals surface area (Å²) in [6.45, 7) is 3.21. The lowest BCUT2D eigenvalue weighted by atomic mass is 10.0. The van der Waals surface area contributed by atoms with Crippen molar-refractivity contribution in [1.82, 2.24) is 4.90 Å². The Morgan fingerprint density at radius 3 is 2.90 bits per heavy atom. The van der Waals surface area contributed by atoms with Crippen LogP contribution in [0.15, 0.2) is 22.7 Å². The number of nitrogens with two attached hydrogens (primary N) is 1. The van der Waals surface area contributed by atoms with Gasteiger partial charge in [-0.05, 0) is 50.4 Å². The van der Waals surface area contributed by atoms with Gasteiger partial charge in [0.2, 0.25) is 0 Å². The molecule has 0 aliphatic heterocycles. The largest absolute Gasteiger partial charge is 0.507 e. The molecule has 2 unspecified atom stereocenters. The first-order valence-electron chi connectivity index (χ1n) is 7.08. The minimum absolute atomic E-state index is 0.0268. The molecular weight excluding hydrogens is 320 g/mol. The number of halogens is 1. The number of phenols is 1. The molecule has 0 saturated heterocycles. The number of nitrogens with zero attached hydrogens (tertiary/aromatic N) is 1. The Labute approximate surface area is 128 Å². The van der Waals surface area contributed by atoms with Gasteiger partial charge in [0.05, 0.1) is 5.56 Å². The number of rotatable bonds is 4. The van der Waals surface area contributed by atoms with Crippen LogP contribution < -0.4 is 5.73 Å². The minimum atomic E-state index is -0.114. The summed E-state index contributed by atoms with van der Waals surface area (Å²) in [4.78, 5) is 14.6. The van der Waals surface area contributed by atoms with E-state index in [-0.39, 0.29) is 17.7 Å². The highest BCUT2D eigenvalue weighted by Crippen LogP contribution is 2.32. The average Bonchev–Trinajstić information content (AvgIpc) is 2.90. The molecule has 110 valence electrons. The summed E-state index contributed by atoms with van der Waals surface area (Å²) in [5.41, 5.74) is 6.17. The van der Waals surface area contributed by atoms with Crippen LogP contribution in [0.2, 0.25) is 0 Å². The Bertz CT molecular complexity index is 493. The predicted octanol–water partition coefficient (Wildman–Crippen LogP) is 2.74. The lowest BCUT2D eigenvalue weighted by molar-refractivity contribution is 0.0649. The van der Waals surface area contributed by atoms with E-state index in [1.54, 1.807) is 18.2 Å². The highest BCUT2D eigenvalue weighted by molar-refractivity contribution is 9.10. The van der Waals surface area contributed by atoms with Crippen molar-refractivity contribution in [3.05, 3.63) is 28.2 Å². The van der Waals surface area contributed by atoms with E-state index < -0.39 is 0 Å². The number of aromatic hydroxyl groups is 1. The summed E-state index contributed by atoms with van der Waals surface area (Å²) in [6.07, 6.45) is 3.19. The Balaban J connectivity index is 2.27.